The quantitative estimate of drug-likeness (QED) is 0.778. The Morgan fingerprint density at radius 2 is 1.56 bits per heavy atom. The fourth-order valence-corrected chi connectivity index (χ4v) is 4.28. The van der Waals surface area contributed by atoms with Crippen LogP contribution >= 0.6 is 11.8 Å². The van der Waals surface area contributed by atoms with E-state index in [4.69, 9.17) is 0 Å². The molecule has 3 aromatic rings. The van der Waals surface area contributed by atoms with Crippen molar-refractivity contribution in [3.8, 4) is 0 Å². The first-order valence-corrected chi connectivity index (χ1v) is 9.13. The molecule has 1 aromatic heterocycles. The SMILES string of the molecule is Cc1nc(C)n(CC(O)CN2c3ccccc3Sc3ccccc32)n1. The second kappa shape index (κ2) is 6.54. The predicted octanol–water partition coefficient (Wildman–Crippen LogP) is 3.56. The van der Waals surface area contributed by atoms with Gasteiger partial charge in [-0.15, -0.1) is 0 Å². The van der Waals surface area contributed by atoms with Crippen molar-refractivity contribution in [1.82, 2.24) is 14.8 Å². The van der Waals surface area contributed by atoms with Crippen LogP contribution in [-0.4, -0.2) is 32.5 Å². The first kappa shape index (κ1) is 16.2. The molecule has 0 saturated carbocycles. The highest BCUT2D eigenvalue weighted by atomic mass is 32.2. The monoisotopic (exact) mass is 352 g/mol. The lowest BCUT2D eigenvalue weighted by Gasteiger charge is -2.34. The molecule has 128 valence electrons. The number of hydrogen-bond acceptors (Lipinski definition) is 5. The fourth-order valence-electron chi connectivity index (χ4n) is 3.18. The standard InChI is InChI=1S/C19H20N4OS/c1-13-20-14(2)23(21-13)12-15(24)11-22-16-7-3-5-9-18(16)25-19-10-6-4-8-17(19)22/h3-10,15,24H,11-12H2,1-2H3. The molecule has 1 atom stereocenters. The molecule has 0 amide bonds. The van der Waals surface area contributed by atoms with Gasteiger partial charge in [0.05, 0.1) is 30.6 Å². The number of aliphatic hydroxyl groups excluding tert-OH is 1. The first-order chi connectivity index (χ1) is 12.1. The molecule has 5 nitrogen and oxygen atoms in total. The number of para-hydroxylation sites is 2. The molecule has 0 radical (unpaired) electrons. The highest BCUT2D eigenvalue weighted by Crippen LogP contribution is 2.47. The van der Waals surface area contributed by atoms with E-state index in [-0.39, 0.29) is 0 Å². The minimum Gasteiger partial charge on any atom is -0.389 e. The van der Waals surface area contributed by atoms with Gasteiger partial charge in [0.1, 0.15) is 11.6 Å². The van der Waals surface area contributed by atoms with Crippen molar-refractivity contribution in [3.05, 3.63) is 60.2 Å². The lowest BCUT2D eigenvalue weighted by molar-refractivity contribution is 0.155. The molecule has 2 heterocycles. The number of hydrogen-bond donors (Lipinski definition) is 1. The van der Waals surface area contributed by atoms with Gasteiger partial charge in [0.2, 0.25) is 0 Å². The van der Waals surface area contributed by atoms with E-state index in [1.54, 1.807) is 16.4 Å². The van der Waals surface area contributed by atoms with E-state index in [1.165, 1.54) is 9.79 Å². The van der Waals surface area contributed by atoms with Crippen molar-refractivity contribution < 1.29 is 5.11 Å². The summed E-state index contributed by atoms with van der Waals surface area (Å²) in [6.07, 6.45) is -0.552. The minimum absolute atomic E-state index is 0.431. The van der Waals surface area contributed by atoms with Crippen molar-refractivity contribution in [2.45, 2.75) is 36.3 Å². The summed E-state index contributed by atoms with van der Waals surface area (Å²) in [6, 6.07) is 16.6. The summed E-state index contributed by atoms with van der Waals surface area (Å²) in [7, 11) is 0. The maximum atomic E-state index is 10.7. The van der Waals surface area contributed by atoms with Gasteiger partial charge in [0, 0.05) is 9.79 Å². The molecule has 25 heavy (non-hydrogen) atoms. The minimum atomic E-state index is -0.552. The van der Waals surface area contributed by atoms with Crippen molar-refractivity contribution in [3.63, 3.8) is 0 Å². The van der Waals surface area contributed by atoms with Gasteiger partial charge < -0.3 is 10.0 Å². The summed E-state index contributed by atoms with van der Waals surface area (Å²) >= 11 is 1.77. The molecular formula is C19H20N4OS. The normalized spacial score (nSPS) is 14.1. The molecule has 1 aliphatic heterocycles. The Hall–Kier alpha value is -2.31. The molecule has 6 heteroatoms. The highest BCUT2D eigenvalue weighted by Gasteiger charge is 2.25. The Morgan fingerprint density at radius 3 is 2.12 bits per heavy atom. The van der Waals surface area contributed by atoms with E-state index in [2.05, 4.69) is 51.4 Å². The Bertz CT molecular complexity index is 862. The third-order valence-corrected chi connectivity index (χ3v) is 5.40. The van der Waals surface area contributed by atoms with E-state index in [0.29, 0.717) is 13.1 Å². The maximum absolute atomic E-state index is 10.7. The van der Waals surface area contributed by atoms with Gasteiger partial charge in [0.15, 0.2) is 0 Å². The van der Waals surface area contributed by atoms with E-state index < -0.39 is 6.10 Å². The van der Waals surface area contributed by atoms with Gasteiger partial charge in [-0.3, -0.25) is 0 Å². The van der Waals surface area contributed by atoms with Crippen LogP contribution in [0.3, 0.4) is 0 Å². The largest absolute Gasteiger partial charge is 0.389 e. The molecule has 0 fully saturated rings. The Labute approximate surface area is 151 Å². The molecule has 4 rings (SSSR count). The average Bonchev–Trinajstić information content (AvgIpc) is 2.91. The number of nitrogens with zero attached hydrogens (tertiary/aromatic N) is 4. The van der Waals surface area contributed by atoms with E-state index >= 15 is 0 Å². The van der Waals surface area contributed by atoms with Gasteiger partial charge in [-0.2, -0.15) is 5.10 Å². The van der Waals surface area contributed by atoms with Crippen LogP contribution in [0.4, 0.5) is 11.4 Å². The molecular weight excluding hydrogens is 332 g/mol. The smallest absolute Gasteiger partial charge is 0.147 e. The van der Waals surface area contributed by atoms with Crippen LogP contribution in [0.5, 0.6) is 0 Å². The van der Waals surface area contributed by atoms with Crippen molar-refractivity contribution in [1.29, 1.82) is 0 Å². The Morgan fingerprint density at radius 1 is 0.960 bits per heavy atom. The molecule has 0 spiro atoms. The van der Waals surface area contributed by atoms with Crippen LogP contribution in [-0.2, 0) is 6.54 Å². The second-order valence-corrected chi connectivity index (χ2v) is 7.27. The number of β-amino-alcohol motifs (C(OH)–C–C–N with tert-alkyl or cyclic N) is 1. The van der Waals surface area contributed by atoms with Crippen LogP contribution in [0, 0.1) is 13.8 Å². The summed E-state index contributed by atoms with van der Waals surface area (Å²) < 4.78 is 1.77. The van der Waals surface area contributed by atoms with Crippen molar-refractivity contribution in [2.24, 2.45) is 0 Å². The zero-order valence-corrected chi connectivity index (χ0v) is 15.1. The van der Waals surface area contributed by atoms with Crippen LogP contribution in [0.1, 0.15) is 11.6 Å². The third kappa shape index (κ3) is 3.15. The number of aromatic nitrogens is 3. The van der Waals surface area contributed by atoms with Gasteiger partial charge in [-0.25, -0.2) is 9.67 Å². The Kier molecular flexibility index (Phi) is 4.23. The van der Waals surface area contributed by atoms with Crippen LogP contribution in [0.25, 0.3) is 0 Å². The second-order valence-electron chi connectivity index (χ2n) is 6.19. The van der Waals surface area contributed by atoms with E-state index in [1.807, 2.05) is 26.0 Å². The molecule has 1 aliphatic rings. The maximum Gasteiger partial charge on any atom is 0.147 e. The zero-order chi connectivity index (χ0) is 17.4. The average molecular weight is 352 g/mol. The van der Waals surface area contributed by atoms with Crippen molar-refractivity contribution in [2.75, 3.05) is 11.4 Å². The van der Waals surface area contributed by atoms with E-state index in [9.17, 15) is 5.11 Å². The highest BCUT2D eigenvalue weighted by molar-refractivity contribution is 7.99. The first-order valence-electron chi connectivity index (χ1n) is 8.31. The molecule has 0 bridgehead atoms. The van der Waals surface area contributed by atoms with Gasteiger partial charge >= 0.3 is 0 Å². The molecule has 0 saturated heterocycles. The molecule has 1 N–H and O–H groups in total. The van der Waals surface area contributed by atoms with Gasteiger partial charge in [0.25, 0.3) is 0 Å². The number of rotatable bonds is 4. The Balaban J connectivity index is 1.62. The predicted molar refractivity (Wildman–Crippen MR) is 99.5 cm³/mol. The fraction of sp³-hybridized carbons (Fsp3) is 0.263. The summed E-state index contributed by atoms with van der Waals surface area (Å²) in [4.78, 5) is 8.92. The lowest BCUT2D eigenvalue weighted by Crippen LogP contribution is -2.33. The third-order valence-electron chi connectivity index (χ3n) is 4.27. The molecule has 0 aliphatic carbocycles. The van der Waals surface area contributed by atoms with Crippen LogP contribution < -0.4 is 4.90 Å². The molecule has 1 unspecified atom stereocenters. The zero-order valence-electron chi connectivity index (χ0n) is 14.3. The molecule has 2 aromatic carbocycles. The topological polar surface area (TPSA) is 54.2 Å². The van der Waals surface area contributed by atoms with Crippen LogP contribution in [0.2, 0.25) is 0 Å². The summed E-state index contributed by atoms with van der Waals surface area (Å²) in [5.41, 5.74) is 2.27. The van der Waals surface area contributed by atoms with Gasteiger partial charge in [-0.05, 0) is 38.1 Å². The number of benzene rings is 2. The number of aliphatic hydroxyl groups is 1. The number of fused-ring (bicyclic) bond motifs is 2. The van der Waals surface area contributed by atoms with Crippen LogP contribution in [0.15, 0.2) is 58.3 Å². The number of aryl methyl sites for hydroxylation is 2. The van der Waals surface area contributed by atoms with E-state index in [0.717, 1.165) is 23.0 Å². The summed E-state index contributed by atoms with van der Waals surface area (Å²) in [5.74, 6) is 1.56. The van der Waals surface area contributed by atoms with Gasteiger partial charge in [-0.1, -0.05) is 36.0 Å². The number of anilines is 2. The van der Waals surface area contributed by atoms with Crippen molar-refractivity contribution >= 4 is 23.1 Å². The lowest BCUT2D eigenvalue weighted by atomic mass is 10.2. The summed E-state index contributed by atoms with van der Waals surface area (Å²) in [5, 5.41) is 15.1. The summed E-state index contributed by atoms with van der Waals surface area (Å²) in [6.45, 7) is 4.71.